The predicted octanol–water partition coefficient (Wildman–Crippen LogP) is 1.95. The molecule has 0 saturated carbocycles. The molecule has 1 atom stereocenters. The SMILES string of the molecule is COCCc1cnc2n1CCN(Cc1cc(C)on1)[C@H]2C. The minimum Gasteiger partial charge on any atom is -0.384 e. The van der Waals surface area contributed by atoms with E-state index in [0.29, 0.717) is 0 Å². The van der Waals surface area contributed by atoms with Crippen LogP contribution >= 0.6 is 0 Å². The standard InChI is InChI=1S/C15H22N4O2/c1-11-8-13(17-21-11)10-18-5-6-19-14(4-7-20-3)9-16-15(19)12(18)2/h8-9,12H,4-7,10H2,1-3H3/t12-/m0/s1. The van der Waals surface area contributed by atoms with Gasteiger partial charge in [0.25, 0.3) is 0 Å². The molecule has 0 amide bonds. The van der Waals surface area contributed by atoms with Crippen LogP contribution in [0.4, 0.5) is 0 Å². The van der Waals surface area contributed by atoms with Gasteiger partial charge >= 0.3 is 0 Å². The van der Waals surface area contributed by atoms with Crippen LogP contribution in [0.25, 0.3) is 0 Å². The highest BCUT2D eigenvalue weighted by Gasteiger charge is 2.27. The number of imidazole rings is 1. The molecule has 6 nitrogen and oxygen atoms in total. The molecule has 114 valence electrons. The summed E-state index contributed by atoms with van der Waals surface area (Å²) in [7, 11) is 1.73. The molecule has 21 heavy (non-hydrogen) atoms. The van der Waals surface area contributed by atoms with Gasteiger partial charge in [-0.15, -0.1) is 0 Å². The predicted molar refractivity (Wildman–Crippen MR) is 77.9 cm³/mol. The fraction of sp³-hybridized carbons (Fsp3) is 0.600. The summed E-state index contributed by atoms with van der Waals surface area (Å²) in [6.45, 7) is 7.63. The molecule has 0 aliphatic carbocycles. The van der Waals surface area contributed by atoms with Crippen LogP contribution in [0.5, 0.6) is 0 Å². The Morgan fingerprint density at radius 1 is 1.43 bits per heavy atom. The van der Waals surface area contributed by atoms with Gasteiger partial charge in [0.2, 0.25) is 0 Å². The number of nitrogens with zero attached hydrogens (tertiary/aromatic N) is 4. The Morgan fingerprint density at radius 2 is 2.29 bits per heavy atom. The third-order valence-corrected chi connectivity index (χ3v) is 4.11. The largest absolute Gasteiger partial charge is 0.384 e. The van der Waals surface area contributed by atoms with Gasteiger partial charge in [-0.3, -0.25) is 4.90 Å². The summed E-state index contributed by atoms with van der Waals surface area (Å²) in [5, 5.41) is 4.09. The Balaban J connectivity index is 1.73. The molecule has 1 aliphatic heterocycles. The van der Waals surface area contributed by atoms with Gasteiger partial charge in [-0.05, 0) is 13.8 Å². The van der Waals surface area contributed by atoms with Crippen LogP contribution in [-0.2, 0) is 24.2 Å². The molecule has 2 aromatic heterocycles. The number of hydrogen-bond donors (Lipinski definition) is 0. The molecule has 0 fully saturated rings. The van der Waals surface area contributed by atoms with Crippen molar-refractivity contribution in [2.24, 2.45) is 0 Å². The first-order valence-corrected chi connectivity index (χ1v) is 7.38. The van der Waals surface area contributed by atoms with Crippen molar-refractivity contribution in [3.8, 4) is 0 Å². The summed E-state index contributed by atoms with van der Waals surface area (Å²) in [5.74, 6) is 1.99. The Morgan fingerprint density at radius 3 is 3.00 bits per heavy atom. The summed E-state index contributed by atoms with van der Waals surface area (Å²) < 4.78 is 12.6. The van der Waals surface area contributed by atoms with Crippen molar-refractivity contribution >= 4 is 0 Å². The molecule has 0 spiro atoms. The third kappa shape index (κ3) is 2.87. The molecule has 0 bridgehead atoms. The molecule has 1 aliphatic rings. The number of ether oxygens (including phenoxy) is 1. The van der Waals surface area contributed by atoms with Gasteiger partial charge in [0, 0.05) is 51.1 Å². The van der Waals surface area contributed by atoms with E-state index >= 15 is 0 Å². The molecule has 0 aromatic carbocycles. The number of aryl methyl sites for hydroxylation is 1. The van der Waals surface area contributed by atoms with Gasteiger partial charge < -0.3 is 13.8 Å². The van der Waals surface area contributed by atoms with Crippen LogP contribution in [0.3, 0.4) is 0 Å². The summed E-state index contributed by atoms with van der Waals surface area (Å²) in [6.07, 6.45) is 2.90. The maximum Gasteiger partial charge on any atom is 0.133 e. The lowest BCUT2D eigenvalue weighted by molar-refractivity contribution is 0.149. The average Bonchev–Trinajstić information content (AvgIpc) is 3.06. The van der Waals surface area contributed by atoms with Crippen LogP contribution in [0.2, 0.25) is 0 Å². The minimum absolute atomic E-state index is 0.284. The molecular weight excluding hydrogens is 268 g/mol. The van der Waals surface area contributed by atoms with Crippen molar-refractivity contribution in [1.29, 1.82) is 0 Å². The van der Waals surface area contributed by atoms with E-state index in [2.05, 4.69) is 26.5 Å². The lowest BCUT2D eigenvalue weighted by atomic mass is 10.2. The highest BCUT2D eigenvalue weighted by Crippen LogP contribution is 2.26. The molecule has 6 heteroatoms. The van der Waals surface area contributed by atoms with E-state index in [-0.39, 0.29) is 6.04 Å². The lowest BCUT2D eigenvalue weighted by Crippen LogP contribution is -2.37. The van der Waals surface area contributed by atoms with Gasteiger partial charge in [-0.25, -0.2) is 4.98 Å². The van der Waals surface area contributed by atoms with Gasteiger partial charge in [0.1, 0.15) is 11.6 Å². The normalized spacial score (nSPS) is 18.9. The molecule has 3 rings (SSSR count). The van der Waals surface area contributed by atoms with Crippen molar-refractivity contribution in [1.82, 2.24) is 19.6 Å². The first-order valence-electron chi connectivity index (χ1n) is 7.38. The summed E-state index contributed by atoms with van der Waals surface area (Å²) in [4.78, 5) is 7.00. The van der Waals surface area contributed by atoms with Crippen molar-refractivity contribution < 1.29 is 9.26 Å². The molecular formula is C15H22N4O2. The Hall–Kier alpha value is -1.66. The van der Waals surface area contributed by atoms with Crippen molar-refractivity contribution in [2.45, 2.75) is 39.4 Å². The van der Waals surface area contributed by atoms with E-state index < -0.39 is 0 Å². The number of aromatic nitrogens is 3. The second-order valence-corrected chi connectivity index (χ2v) is 5.58. The topological polar surface area (TPSA) is 56.3 Å². The van der Waals surface area contributed by atoms with Crippen LogP contribution in [0, 0.1) is 6.92 Å². The maximum atomic E-state index is 5.17. The quantitative estimate of drug-likeness (QED) is 0.842. The monoisotopic (exact) mass is 290 g/mol. The van der Waals surface area contributed by atoms with Crippen molar-refractivity contribution in [3.05, 3.63) is 35.2 Å². The number of methoxy groups -OCH3 is 1. The summed E-state index contributed by atoms with van der Waals surface area (Å²) in [6, 6.07) is 2.28. The zero-order valence-corrected chi connectivity index (χ0v) is 12.9. The van der Waals surface area contributed by atoms with Gasteiger partial charge in [0.05, 0.1) is 18.3 Å². The first-order chi connectivity index (χ1) is 10.2. The Bertz CT molecular complexity index is 605. The van der Waals surface area contributed by atoms with Gasteiger partial charge in [-0.2, -0.15) is 0 Å². The highest BCUT2D eigenvalue weighted by molar-refractivity contribution is 5.12. The zero-order valence-electron chi connectivity index (χ0n) is 12.9. The van der Waals surface area contributed by atoms with Crippen LogP contribution in [0.1, 0.15) is 35.9 Å². The lowest BCUT2D eigenvalue weighted by Gasteiger charge is -2.33. The minimum atomic E-state index is 0.284. The third-order valence-electron chi connectivity index (χ3n) is 4.11. The molecule has 3 heterocycles. The average molecular weight is 290 g/mol. The van der Waals surface area contributed by atoms with Crippen LogP contribution < -0.4 is 0 Å². The first kappa shape index (κ1) is 14.3. The van der Waals surface area contributed by atoms with E-state index in [0.717, 1.165) is 49.9 Å². The van der Waals surface area contributed by atoms with E-state index in [4.69, 9.17) is 9.26 Å². The summed E-state index contributed by atoms with van der Waals surface area (Å²) in [5.41, 5.74) is 2.24. The second kappa shape index (κ2) is 5.99. The highest BCUT2D eigenvalue weighted by atomic mass is 16.5. The smallest absolute Gasteiger partial charge is 0.133 e. The van der Waals surface area contributed by atoms with E-state index in [1.807, 2.05) is 19.2 Å². The van der Waals surface area contributed by atoms with Gasteiger partial charge in [-0.1, -0.05) is 5.16 Å². The molecule has 0 saturated heterocycles. The maximum absolute atomic E-state index is 5.17. The number of rotatable bonds is 5. The fourth-order valence-corrected chi connectivity index (χ4v) is 2.93. The summed E-state index contributed by atoms with van der Waals surface area (Å²) >= 11 is 0. The fourth-order valence-electron chi connectivity index (χ4n) is 2.93. The zero-order chi connectivity index (χ0) is 14.8. The second-order valence-electron chi connectivity index (χ2n) is 5.58. The molecule has 0 radical (unpaired) electrons. The molecule has 2 aromatic rings. The molecule has 0 unspecified atom stereocenters. The van der Waals surface area contributed by atoms with Crippen LogP contribution in [-0.4, -0.2) is 39.9 Å². The Labute approximate surface area is 124 Å². The van der Waals surface area contributed by atoms with E-state index in [1.54, 1.807) is 7.11 Å². The number of fused-ring (bicyclic) bond motifs is 1. The van der Waals surface area contributed by atoms with Gasteiger partial charge in [0.15, 0.2) is 0 Å². The van der Waals surface area contributed by atoms with Crippen molar-refractivity contribution in [3.63, 3.8) is 0 Å². The molecule has 0 N–H and O–H groups in total. The van der Waals surface area contributed by atoms with E-state index in [1.165, 1.54) is 5.69 Å². The van der Waals surface area contributed by atoms with Crippen LogP contribution in [0.15, 0.2) is 16.8 Å². The Kier molecular flexibility index (Phi) is 4.07. The number of hydrogen-bond acceptors (Lipinski definition) is 5. The van der Waals surface area contributed by atoms with Crippen molar-refractivity contribution in [2.75, 3.05) is 20.3 Å². The van der Waals surface area contributed by atoms with E-state index in [9.17, 15) is 0 Å².